The molecule has 13 heteroatoms. The molecule has 0 fully saturated rings. The first kappa shape index (κ1) is 23.0. The second-order valence-electron chi connectivity index (χ2n) is 7.41. The lowest BCUT2D eigenvalue weighted by atomic mass is 10.2. The van der Waals surface area contributed by atoms with Gasteiger partial charge >= 0.3 is 11.5 Å². The van der Waals surface area contributed by atoms with Gasteiger partial charge in [-0.05, 0) is 22.6 Å². The maximum Gasteiger partial charge on any atom is 0.342 e. The highest BCUT2D eigenvalue weighted by molar-refractivity contribution is 9.10. The molecule has 172 valence electrons. The highest BCUT2D eigenvalue weighted by Gasteiger charge is 2.21. The Hall–Kier alpha value is -3.19. The number of nitrogens with zero attached hydrogens (tertiary/aromatic N) is 7. The van der Waals surface area contributed by atoms with E-state index in [4.69, 9.17) is 0 Å². The van der Waals surface area contributed by atoms with Crippen molar-refractivity contribution >= 4 is 44.7 Å². The van der Waals surface area contributed by atoms with Gasteiger partial charge in [-0.15, -0.1) is 0 Å². The van der Waals surface area contributed by atoms with Gasteiger partial charge in [0.05, 0.1) is 6.54 Å². The van der Waals surface area contributed by atoms with Crippen molar-refractivity contribution in [3.63, 3.8) is 0 Å². The van der Waals surface area contributed by atoms with Gasteiger partial charge in [-0.2, -0.15) is 0 Å². The van der Waals surface area contributed by atoms with Crippen LogP contribution >= 0.6 is 27.7 Å². The molecule has 0 amide bonds. The van der Waals surface area contributed by atoms with Crippen molar-refractivity contribution in [2.45, 2.75) is 25.2 Å². The SMILES string of the molecule is Cc1ncc([N+](=O)[O-])n1CCSc1nc2c(c(=O)n(C)c(=O)n2C)n1Cc1ccc(Br)cc1. The van der Waals surface area contributed by atoms with Gasteiger partial charge in [0.1, 0.15) is 12.7 Å². The third-order valence-electron chi connectivity index (χ3n) is 5.33. The predicted molar refractivity (Wildman–Crippen MR) is 128 cm³/mol. The van der Waals surface area contributed by atoms with Crippen LogP contribution in [0.4, 0.5) is 5.82 Å². The normalized spacial score (nSPS) is 11.4. The number of halogens is 1. The summed E-state index contributed by atoms with van der Waals surface area (Å²) in [5.74, 6) is 0.922. The minimum Gasteiger partial charge on any atom is -0.358 e. The lowest BCUT2D eigenvalue weighted by Crippen LogP contribution is -2.37. The van der Waals surface area contributed by atoms with Crippen molar-refractivity contribution in [3.8, 4) is 0 Å². The molecule has 3 heterocycles. The van der Waals surface area contributed by atoms with Gasteiger partial charge in [-0.3, -0.25) is 13.9 Å². The summed E-state index contributed by atoms with van der Waals surface area (Å²) in [4.78, 5) is 44.8. The molecular formula is C20H20BrN7O4S. The maximum absolute atomic E-state index is 13.0. The summed E-state index contributed by atoms with van der Waals surface area (Å²) < 4.78 is 6.68. The zero-order valence-corrected chi connectivity index (χ0v) is 20.5. The zero-order chi connectivity index (χ0) is 23.9. The quantitative estimate of drug-likeness (QED) is 0.203. The molecule has 0 unspecified atom stereocenters. The van der Waals surface area contributed by atoms with Gasteiger partial charge in [-0.25, -0.2) is 19.3 Å². The van der Waals surface area contributed by atoms with Crippen molar-refractivity contribution in [1.82, 2.24) is 28.2 Å². The van der Waals surface area contributed by atoms with Crippen LogP contribution in [0.5, 0.6) is 0 Å². The summed E-state index contributed by atoms with van der Waals surface area (Å²) in [6.45, 7) is 2.43. The summed E-state index contributed by atoms with van der Waals surface area (Å²) >= 11 is 4.78. The topological polar surface area (TPSA) is 123 Å². The first-order chi connectivity index (χ1) is 15.7. The number of thioether (sulfide) groups is 1. The Balaban J connectivity index is 1.74. The first-order valence-electron chi connectivity index (χ1n) is 9.89. The summed E-state index contributed by atoms with van der Waals surface area (Å²) in [6, 6.07) is 7.70. The Bertz CT molecular complexity index is 1480. The average molecular weight is 534 g/mol. The fourth-order valence-electron chi connectivity index (χ4n) is 3.56. The van der Waals surface area contributed by atoms with Crippen LogP contribution in [0.25, 0.3) is 11.2 Å². The van der Waals surface area contributed by atoms with Gasteiger partial charge in [-0.1, -0.05) is 39.8 Å². The largest absolute Gasteiger partial charge is 0.358 e. The number of fused-ring (bicyclic) bond motifs is 1. The zero-order valence-electron chi connectivity index (χ0n) is 18.1. The summed E-state index contributed by atoms with van der Waals surface area (Å²) in [7, 11) is 3.02. The van der Waals surface area contributed by atoms with E-state index < -0.39 is 16.2 Å². The van der Waals surface area contributed by atoms with Crippen LogP contribution in [0.2, 0.25) is 0 Å². The van der Waals surface area contributed by atoms with E-state index in [0.29, 0.717) is 41.0 Å². The second-order valence-corrected chi connectivity index (χ2v) is 9.38. The molecule has 0 saturated carbocycles. The van der Waals surface area contributed by atoms with Crippen molar-refractivity contribution in [2.75, 3.05) is 5.75 Å². The number of aromatic nitrogens is 6. The van der Waals surface area contributed by atoms with Gasteiger partial charge in [0.15, 0.2) is 22.1 Å². The second kappa shape index (κ2) is 8.98. The summed E-state index contributed by atoms with van der Waals surface area (Å²) in [5.41, 5.74) is 0.700. The third-order valence-corrected chi connectivity index (χ3v) is 6.82. The van der Waals surface area contributed by atoms with Gasteiger partial charge in [0.2, 0.25) is 0 Å². The monoisotopic (exact) mass is 533 g/mol. The van der Waals surface area contributed by atoms with E-state index >= 15 is 0 Å². The Labute approximate surface area is 200 Å². The molecule has 0 spiro atoms. The first-order valence-corrected chi connectivity index (χ1v) is 11.7. The van der Waals surface area contributed by atoms with Crippen LogP contribution in [0.1, 0.15) is 11.4 Å². The summed E-state index contributed by atoms with van der Waals surface area (Å²) in [6.07, 6.45) is 1.24. The van der Waals surface area contributed by atoms with Crippen LogP contribution in [0.3, 0.4) is 0 Å². The van der Waals surface area contributed by atoms with E-state index in [9.17, 15) is 19.7 Å². The van der Waals surface area contributed by atoms with Crippen LogP contribution in [-0.4, -0.2) is 38.9 Å². The maximum atomic E-state index is 13.0. The Kier molecular flexibility index (Phi) is 6.26. The van der Waals surface area contributed by atoms with Crippen molar-refractivity contribution in [2.24, 2.45) is 14.1 Å². The fourth-order valence-corrected chi connectivity index (χ4v) is 4.75. The molecule has 4 aromatic rings. The molecule has 0 aliphatic rings. The molecule has 11 nitrogen and oxygen atoms in total. The number of imidazole rings is 2. The van der Waals surface area contributed by atoms with Gasteiger partial charge < -0.3 is 14.7 Å². The van der Waals surface area contributed by atoms with E-state index in [-0.39, 0.29) is 5.82 Å². The predicted octanol–water partition coefficient (Wildman–Crippen LogP) is 2.45. The Morgan fingerprint density at radius 2 is 1.82 bits per heavy atom. The lowest BCUT2D eigenvalue weighted by molar-refractivity contribution is -0.392. The average Bonchev–Trinajstić information content (AvgIpc) is 3.33. The standard InChI is InChI=1S/C20H20BrN7O4S/c1-12-22-10-15(28(31)32)26(12)8-9-33-19-23-17-16(18(29)25(3)20(30)24(17)2)27(19)11-13-4-6-14(21)7-5-13/h4-7,10H,8-9,11H2,1-3H3. The molecule has 0 N–H and O–H groups in total. The molecule has 0 aliphatic carbocycles. The minimum atomic E-state index is -0.465. The number of benzene rings is 1. The van der Waals surface area contributed by atoms with E-state index in [1.54, 1.807) is 18.5 Å². The molecule has 1 aromatic carbocycles. The molecule has 0 atom stereocenters. The van der Waals surface area contributed by atoms with Crippen molar-refractivity contribution in [3.05, 3.63) is 77.3 Å². The molecule has 33 heavy (non-hydrogen) atoms. The molecular weight excluding hydrogens is 514 g/mol. The van der Waals surface area contributed by atoms with Crippen molar-refractivity contribution < 1.29 is 4.92 Å². The molecule has 0 saturated heterocycles. The van der Waals surface area contributed by atoms with E-state index in [0.717, 1.165) is 14.6 Å². The molecule has 4 rings (SSSR count). The van der Waals surface area contributed by atoms with Crippen molar-refractivity contribution in [1.29, 1.82) is 0 Å². The molecule has 3 aromatic heterocycles. The van der Waals surface area contributed by atoms with Crippen LogP contribution in [0, 0.1) is 17.0 Å². The van der Waals surface area contributed by atoms with Crippen LogP contribution in [0.15, 0.2) is 49.7 Å². The highest BCUT2D eigenvalue weighted by atomic mass is 79.9. The van der Waals surface area contributed by atoms with E-state index in [1.165, 1.54) is 34.1 Å². The number of hydrogen-bond donors (Lipinski definition) is 0. The Morgan fingerprint density at radius 1 is 1.12 bits per heavy atom. The molecule has 0 aliphatic heterocycles. The van der Waals surface area contributed by atoms with E-state index in [1.807, 2.05) is 24.3 Å². The number of rotatable bonds is 7. The minimum absolute atomic E-state index is 0.0762. The van der Waals surface area contributed by atoms with Gasteiger partial charge in [0.25, 0.3) is 5.56 Å². The smallest absolute Gasteiger partial charge is 0.342 e. The molecule has 0 radical (unpaired) electrons. The van der Waals surface area contributed by atoms with E-state index in [2.05, 4.69) is 25.9 Å². The number of aryl methyl sites for hydroxylation is 2. The van der Waals surface area contributed by atoms with Gasteiger partial charge in [0, 0.05) is 31.2 Å². The highest BCUT2D eigenvalue weighted by Crippen LogP contribution is 2.25. The number of nitro groups is 1. The fraction of sp³-hybridized carbons (Fsp3) is 0.300. The summed E-state index contributed by atoms with van der Waals surface area (Å²) in [5, 5.41) is 11.8. The lowest BCUT2D eigenvalue weighted by Gasteiger charge is -2.10. The molecule has 0 bridgehead atoms. The number of hydrogen-bond acceptors (Lipinski definition) is 7. The Morgan fingerprint density at radius 3 is 2.48 bits per heavy atom. The van der Waals surface area contributed by atoms with Crippen LogP contribution < -0.4 is 11.2 Å². The van der Waals surface area contributed by atoms with Crippen LogP contribution in [-0.2, 0) is 27.2 Å². The third kappa shape index (κ3) is 4.25.